The largest absolute Gasteiger partial charge is 0.493 e. The van der Waals surface area contributed by atoms with Crippen LogP contribution in [0, 0.1) is 10.1 Å². The average Bonchev–Trinajstić information content (AvgIpc) is 3.04. The summed E-state index contributed by atoms with van der Waals surface area (Å²) in [6.07, 6.45) is 1.70. The number of hydrogen-bond acceptors (Lipinski definition) is 6. The lowest BCUT2D eigenvalue weighted by atomic mass is 10.1. The summed E-state index contributed by atoms with van der Waals surface area (Å²) < 4.78 is 13.0. The van der Waals surface area contributed by atoms with Crippen LogP contribution in [-0.2, 0) is 6.54 Å². The van der Waals surface area contributed by atoms with Gasteiger partial charge in [-0.3, -0.25) is 14.9 Å². The predicted molar refractivity (Wildman–Crippen MR) is 106 cm³/mol. The molecule has 9 heteroatoms. The molecule has 1 heterocycles. The van der Waals surface area contributed by atoms with E-state index in [1.165, 1.54) is 31.6 Å². The van der Waals surface area contributed by atoms with Crippen LogP contribution < -0.4 is 14.3 Å². The number of fused-ring (bicyclic) bond motifs is 1. The van der Waals surface area contributed by atoms with Crippen LogP contribution in [0.25, 0.3) is 10.2 Å². The number of amides is 1. The molecular formula is C19H17N3O5S. The van der Waals surface area contributed by atoms with Crippen molar-refractivity contribution in [2.75, 3.05) is 14.2 Å². The quantitative estimate of drug-likeness (QED) is 0.359. The normalized spacial score (nSPS) is 11.4. The van der Waals surface area contributed by atoms with Crippen LogP contribution >= 0.6 is 11.3 Å². The molecule has 144 valence electrons. The van der Waals surface area contributed by atoms with Gasteiger partial charge in [-0.1, -0.05) is 29.5 Å². The highest BCUT2D eigenvalue weighted by Crippen LogP contribution is 2.34. The number of carbonyl (C=O) groups excluding carboxylic acids is 1. The summed E-state index contributed by atoms with van der Waals surface area (Å²) in [7, 11) is 2.75. The molecule has 0 unspecified atom stereocenters. The van der Waals surface area contributed by atoms with Crippen molar-refractivity contribution >= 4 is 33.1 Å². The number of benzene rings is 2. The first-order valence-corrected chi connectivity index (χ1v) is 9.00. The smallest absolute Gasteiger partial charge is 0.286 e. The van der Waals surface area contributed by atoms with Crippen molar-refractivity contribution in [2.45, 2.75) is 6.54 Å². The second-order valence-corrected chi connectivity index (χ2v) is 6.66. The van der Waals surface area contributed by atoms with E-state index in [4.69, 9.17) is 9.47 Å². The van der Waals surface area contributed by atoms with Crippen LogP contribution in [-0.4, -0.2) is 29.6 Å². The first-order valence-electron chi connectivity index (χ1n) is 8.19. The summed E-state index contributed by atoms with van der Waals surface area (Å²) in [5.74, 6) is -0.367. The monoisotopic (exact) mass is 399 g/mol. The minimum absolute atomic E-state index is 0.161. The van der Waals surface area contributed by atoms with E-state index in [9.17, 15) is 14.9 Å². The molecular weight excluding hydrogens is 382 g/mol. The Morgan fingerprint density at radius 3 is 2.61 bits per heavy atom. The molecule has 0 saturated carbocycles. The van der Waals surface area contributed by atoms with Gasteiger partial charge in [-0.25, -0.2) is 0 Å². The van der Waals surface area contributed by atoms with E-state index in [1.807, 2.05) is 28.8 Å². The average molecular weight is 399 g/mol. The molecule has 0 spiro atoms. The third-order valence-electron chi connectivity index (χ3n) is 4.03. The lowest BCUT2D eigenvalue weighted by Gasteiger charge is -2.08. The van der Waals surface area contributed by atoms with Crippen molar-refractivity contribution in [3.8, 4) is 11.5 Å². The van der Waals surface area contributed by atoms with Crippen LogP contribution in [0.2, 0.25) is 0 Å². The molecule has 0 saturated heterocycles. The van der Waals surface area contributed by atoms with Gasteiger partial charge in [0.1, 0.15) is 5.56 Å². The zero-order chi connectivity index (χ0) is 20.3. The molecule has 0 N–H and O–H groups in total. The van der Waals surface area contributed by atoms with Crippen molar-refractivity contribution in [3.63, 3.8) is 0 Å². The Bertz CT molecular complexity index is 1150. The van der Waals surface area contributed by atoms with Gasteiger partial charge in [-0.05, 0) is 12.1 Å². The Balaban J connectivity index is 2.20. The minimum atomic E-state index is -0.739. The highest BCUT2D eigenvalue weighted by atomic mass is 32.1. The van der Waals surface area contributed by atoms with Crippen LogP contribution in [0.1, 0.15) is 10.4 Å². The van der Waals surface area contributed by atoms with Gasteiger partial charge in [-0.15, -0.1) is 6.58 Å². The van der Waals surface area contributed by atoms with Gasteiger partial charge in [-0.2, -0.15) is 4.99 Å². The number of carbonyl (C=O) groups is 1. The fourth-order valence-electron chi connectivity index (χ4n) is 2.75. The lowest BCUT2D eigenvalue weighted by molar-refractivity contribution is -0.385. The van der Waals surface area contributed by atoms with Crippen LogP contribution in [0.4, 0.5) is 5.69 Å². The number of methoxy groups -OCH3 is 2. The van der Waals surface area contributed by atoms with Gasteiger partial charge in [0.15, 0.2) is 16.3 Å². The zero-order valence-corrected chi connectivity index (χ0v) is 16.1. The Kier molecular flexibility index (Phi) is 5.55. The van der Waals surface area contributed by atoms with Crippen molar-refractivity contribution < 1.29 is 19.2 Å². The molecule has 8 nitrogen and oxygen atoms in total. The Hall–Kier alpha value is -3.46. The SMILES string of the molecule is C=CCn1c(=NC(=O)c2cc(OC)c(OC)cc2[N+](=O)[O-])sc2ccccc21. The highest BCUT2D eigenvalue weighted by Gasteiger charge is 2.24. The molecule has 0 aliphatic carbocycles. The molecule has 1 amide bonds. The second-order valence-electron chi connectivity index (χ2n) is 5.65. The van der Waals surface area contributed by atoms with Crippen molar-refractivity contribution in [2.24, 2.45) is 4.99 Å². The number of allylic oxidation sites excluding steroid dienone is 1. The molecule has 0 aliphatic heterocycles. The molecule has 0 bridgehead atoms. The number of thiazole rings is 1. The van der Waals surface area contributed by atoms with E-state index < -0.39 is 16.5 Å². The Morgan fingerprint density at radius 1 is 1.29 bits per heavy atom. The van der Waals surface area contributed by atoms with Crippen LogP contribution in [0.5, 0.6) is 11.5 Å². The summed E-state index contributed by atoms with van der Waals surface area (Å²) in [6.45, 7) is 4.19. The van der Waals surface area contributed by atoms with Crippen LogP contribution in [0.15, 0.2) is 54.0 Å². The Labute approximate surface area is 164 Å². The zero-order valence-electron chi connectivity index (χ0n) is 15.2. The molecule has 0 fully saturated rings. The fourth-order valence-corrected chi connectivity index (χ4v) is 3.79. The molecule has 0 radical (unpaired) electrons. The number of aromatic nitrogens is 1. The summed E-state index contributed by atoms with van der Waals surface area (Å²) in [5.41, 5.74) is 0.328. The molecule has 3 rings (SSSR count). The maximum absolute atomic E-state index is 12.8. The number of nitro benzene ring substituents is 1. The number of ether oxygens (including phenoxy) is 2. The summed E-state index contributed by atoms with van der Waals surface area (Å²) in [4.78, 5) is 28.2. The van der Waals surface area contributed by atoms with Crippen molar-refractivity contribution in [1.29, 1.82) is 0 Å². The highest BCUT2D eigenvalue weighted by molar-refractivity contribution is 7.16. The maximum atomic E-state index is 12.8. The van der Waals surface area contributed by atoms with E-state index in [0.29, 0.717) is 11.3 Å². The molecule has 1 aromatic heterocycles. The summed E-state index contributed by atoms with van der Waals surface area (Å²) in [5, 5.41) is 11.5. The topological polar surface area (TPSA) is 96.0 Å². The van der Waals surface area contributed by atoms with E-state index in [1.54, 1.807) is 6.08 Å². The summed E-state index contributed by atoms with van der Waals surface area (Å²) >= 11 is 1.32. The van der Waals surface area contributed by atoms with Gasteiger partial charge >= 0.3 is 0 Å². The number of rotatable bonds is 6. The Morgan fingerprint density at radius 2 is 1.96 bits per heavy atom. The summed E-state index contributed by atoms with van der Waals surface area (Å²) in [6, 6.07) is 10.0. The third-order valence-corrected chi connectivity index (χ3v) is 5.09. The van der Waals surface area contributed by atoms with E-state index >= 15 is 0 Å². The maximum Gasteiger partial charge on any atom is 0.286 e. The van der Waals surface area contributed by atoms with E-state index in [0.717, 1.165) is 16.3 Å². The fraction of sp³-hybridized carbons (Fsp3) is 0.158. The van der Waals surface area contributed by atoms with Gasteiger partial charge in [0.05, 0.1) is 35.4 Å². The van der Waals surface area contributed by atoms with Crippen LogP contribution in [0.3, 0.4) is 0 Å². The predicted octanol–water partition coefficient (Wildman–Crippen LogP) is 3.56. The third kappa shape index (κ3) is 3.52. The van der Waals surface area contributed by atoms with Crippen molar-refractivity contribution in [1.82, 2.24) is 4.57 Å². The second kappa shape index (κ2) is 8.05. The first-order chi connectivity index (χ1) is 13.5. The minimum Gasteiger partial charge on any atom is -0.493 e. The molecule has 0 aliphatic rings. The number of nitro groups is 1. The van der Waals surface area contributed by atoms with Gasteiger partial charge < -0.3 is 14.0 Å². The molecule has 0 atom stereocenters. The van der Waals surface area contributed by atoms with Gasteiger partial charge in [0.25, 0.3) is 11.6 Å². The molecule has 2 aromatic carbocycles. The van der Waals surface area contributed by atoms with Crippen molar-refractivity contribution in [3.05, 3.63) is 69.5 Å². The standard InChI is InChI=1S/C19H17N3O5S/c1-4-9-21-13-7-5-6-8-17(13)28-19(21)20-18(23)12-10-15(26-2)16(27-3)11-14(12)22(24)25/h4-8,10-11H,1,9H2,2-3H3. The van der Waals surface area contributed by atoms with Gasteiger partial charge in [0.2, 0.25) is 0 Å². The van der Waals surface area contributed by atoms with E-state index in [2.05, 4.69) is 11.6 Å². The molecule has 28 heavy (non-hydrogen) atoms. The van der Waals surface area contributed by atoms with E-state index in [-0.39, 0.29) is 17.1 Å². The first kappa shape index (κ1) is 19.3. The lowest BCUT2D eigenvalue weighted by Crippen LogP contribution is -2.16. The molecule has 3 aromatic rings. The number of nitrogens with zero attached hydrogens (tertiary/aromatic N) is 3. The van der Waals surface area contributed by atoms with Gasteiger partial charge in [0, 0.05) is 12.6 Å². The number of para-hydroxylation sites is 1. The number of hydrogen-bond donors (Lipinski definition) is 0.